The molecule has 0 saturated heterocycles. The maximum absolute atomic E-state index is 5.22. The van der Waals surface area contributed by atoms with Gasteiger partial charge in [0.15, 0.2) is 0 Å². The summed E-state index contributed by atoms with van der Waals surface area (Å²) in [5.74, 6) is 0.614. The molecule has 11 aromatic rings. The van der Waals surface area contributed by atoms with Gasteiger partial charge in [0.05, 0.1) is 33.5 Å². The third kappa shape index (κ3) is 5.09. The number of para-hydroxylation sites is 3. The van der Waals surface area contributed by atoms with Crippen LogP contribution in [0.3, 0.4) is 0 Å². The lowest BCUT2D eigenvalue weighted by Crippen LogP contribution is -2.04. The summed E-state index contributed by atoms with van der Waals surface area (Å²) >= 11 is 1.62. The van der Waals surface area contributed by atoms with E-state index in [9.17, 15) is 0 Å². The summed E-state index contributed by atoms with van der Waals surface area (Å²) in [5.41, 5.74) is 11.4. The Morgan fingerprint density at radius 2 is 0.818 bits per heavy atom. The second-order valence-electron chi connectivity index (χ2n) is 13.5. The predicted octanol–water partition coefficient (Wildman–Crippen LogP) is 12.2. The number of hydrogen-bond donors (Lipinski definition) is 0. The van der Waals surface area contributed by atoms with Crippen LogP contribution in [0.2, 0.25) is 0 Å². The average Bonchev–Trinajstić information content (AvgIpc) is 3.98. The monoisotopic (exact) mass is 722 g/mol. The van der Waals surface area contributed by atoms with Crippen LogP contribution in [0.1, 0.15) is 0 Å². The van der Waals surface area contributed by atoms with Crippen molar-refractivity contribution in [2.75, 3.05) is 0 Å². The smallest absolute Gasteiger partial charge is 0.235 e. The first kappa shape index (κ1) is 31.3. The Hall–Kier alpha value is -7.22. The summed E-state index contributed by atoms with van der Waals surface area (Å²) in [7, 11) is 0. The summed E-state index contributed by atoms with van der Waals surface area (Å²) < 4.78 is 4.53. The molecule has 0 saturated carbocycles. The largest absolute Gasteiger partial charge is 0.309 e. The summed E-state index contributed by atoms with van der Waals surface area (Å²) in [6, 6.07) is 63.2. The van der Waals surface area contributed by atoms with Gasteiger partial charge in [0.1, 0.15) is 10.0 Å². The van der Waals surface area contributed by atoms with Crippen molar-refractivity contribution in [3.63, 3.8) is 0 Å². The molecule has 6 nitrogen and oxygen atoms in total. The van der Waals surface area contributed by atoms with E-state index in [-0.39, 0.29) is 0 Å². The number of hydrogen-bond acceptors (Lipinski definition) is 5. The topological polar surface area (TPSA) is 61.4 Å². The molecular weight excluding hydrogens is 693 g/mol. The van der Waals surface area contributed by atoms with Gasteiger partial charge in [-0.2, -0.15) is 0 Å². The summed E-state index contributed by atoms with van der Waals surface area (Å²) in [5, 5.41) is 16.0. The molecule has 0 N–H and O–H groups in total. The van der Waals surface area contributed by atoms with Gasteiger partial charge in [-0.15, -0.1) is 10.2 Å². The zero-order valence-corrected chi connectivity index (χ0v) is 30.2. The fraction of sp³-hybridized carbons (Fsp3) is 0. The summed E-state index contributed by atoms with van der Waals surface area (Å²) in [6.07, 6.45) is 0. The lowest BCUT2D eigenvalue weighted by atomic mass is 10.1. The van der Waals surface area contributed by atoms with E-state index in [0.717, 1.165) is 82.2 Å². The molecule has 0 amide bonds. The lowest BCUT2D eigenvalue weighted by molar-refractivity contribution is 0.995. The molecule has 0 atom stereocenters. The molecule has 0 aliphatic carbocycles. The first-order valence-corrected chi connectivity index (χ1v) is 19.1. The van der Waals surface area contributed by atoms with Gasteiger partial charge >= 0.3 is 0 Å². The molecule has 11 rings (SSSR count). The highest BCUT2D eigenvalue weighted by Gasteiger charge is 2.22. The zero-order chi connectivity index (χ0) is 36.3. The standard InChI is InChI=1S/C48H30N6S/c1-4-16-31(17-5-1)38-30-39(32-18-6-2-7-19-32)50-48(49-38)54-41-27-13-11-23-35(41)45-37(25-15-29-43(45)54)47-52-51-46(55-47)36-24-14-28-42-44(36)34-22-10-12-26-40(34)53(42)33-20-8-3-9-21-33/h1-30H. The van der Waals surface area contributed by atoms with Crippen LogP contribution in [0, 0.1) is 0 Å². The van der Waals surface area contributed by atoms with Crippen molar-refractivity contribution < 1.29 is 0 Å². The molecule has 4 heterocycles. The number of fused-ring (bicyclic) bond motifs is 6. The minimum atomic E-state index is 0.614. The van der Waals surface area contributed by atoms with E-state index in [1.54, 1.807) is 11.3 Å². The van der Waals surface area contributed by atoms with Crippen LogP contribution in [-0.4, -0.2) is 29.3 Å². The summed E-state index contributed by atoms with van der Waals surface area (Å²) in [6.45, 7) is 0. The van der Waals surface area contributed by atoms with Crippen LogP contribution < -0.4 is 0 Å². The molecule has 0 radical (unpaired) electrons. The van der Waals surface area contributed by atoms with Gasteiger partial charge in [0, 0.05) is 49.5 Å². The van der Waals surface area contributed by atoms with Crippen LogP contribution in [0.25, 0.3) is 98.9 Å². The van der Waals surface area contributed by atoms with Gasteiger partial charge in [0.25, 0.3) is 0 Å². The third-order valence-corrected chi connectivity index (χ3v) is 11.3. The van der Waals surface area contributed by atoms with Gasteiger partial charge in [-0.1, -0.05) is 151 Å². The Morgan fingerprint density at radius 1 is 0.382 bits per heavy atom. The third-order valence-electron chi connectivity index (χ3n) is 10.3. The lowest BCUT2D eigenvalue weighted by Gasteiger charge is -2.11. The van der Waals surface area contributed by atoms with Gasteiger partial charge in [0.2, 0.25) is 5.95 Å². The summed E-state index contributed by atoms with van der Waals surface area (Å²) in [4.78, 5) is 10.4. The van der Waals surface area contributed by atoms with Crippen LogP contribution in [-0.2, 0) is 0 Å². The number of aromatic nitrogens is 6. The molecule has 0 bridgehead atoms. The van der Waals surface area contributed by atoms with Gasteiger partial charge in [-0.25, -0.2) is 9.97 Å². The number of benzene rings is 7. The minimum Gasteiger partial charge on any atom is -0.309 e. The average molecular weight is 723 g/mol. The molecular formula is C48H30N6S. The fourth-order valence-corrected chi connectivity index (χ4v) is 8.86. The quantitative estimate of drug-likeness (QED) is 0.171. The fourth-order valence-electron chi connectivity index (χ4n) is 7.95. The number of rotatable bonds is 6. The normalized spacial score (nSPS) is 11.6. The molecule has 0 fully saturated rings. The predicted molar refractivity (Wildman–Crippen MR) is 226 cm³/mol. The van der Waals surface area contributed by atoms with Gasteiger partial charge < -0.3 is 4.57 Å². The maximum Gasteiger partial charge on any atom is 0.235 e. The van der Waals surface area contributed by atoms with Crippen molar-refractivity contribution in [2.24, 2.45) is 0 Å². The van der Waals surface area contributed by atoms with E-state index in [1.165, 1.54) is 10.8 Å². The first-order valence-electron chi connectivity index (χ1n) is 18.2. The highest BCUT2D eigenvalue weighted by atomic mass is 32.1. The molecule has 0 spiro atoms. The molecule has 0 aliphatic heterocycles. The molecule has 7 aromatic carbocycles. The Labute approximate surface area is 320 Å². The molecule has 7 heteroatoms. The Morgan fingerprint density at radius 3 is 1.36 bits per heavy atom. The van der Waals surface area contributed by atoms with Crippen LogP contribution >= 0.6 is 11.3 Å². The molecule has 258 valence electrons. The van der Waals surface area contributed by atoms with Crippen molar-refractivity contribution in [3.05, 3.63) is 182 Å². The Balaban J connectivity index is 1.11. The van der Waals surface area contributed by atoms with E-state index in [2.05, 4.69) is 155 Å². The molecule has 55 heavy (non-hydrogen) atoms. The Kier molecular flexibility index (Phi) is 7.25. The number of nitrogens with zero attached hydrogens (tertiary/aromatic N) is 6. The van der Waals surface area contributed by atoms with E-state index in [1.807, 2.05) is 36.4 Å². The highest BCUT2D eigenvalue weighted by Crippen LogP contribution is 2.43. The van der Waals surface area contributed by atoms with Crippen molar-refractivity contribution >= 4 is 54.9 Å². The Bertz CT molecular complexity index is 3140. The van der Waals surface area contributed by atoms with E-state index < -0.39 is 0 Å². The minimum absolute atomic E-state index is 0.614. The zero-order valence-electron chi connectivity index (χ0n) is 29.4. The van der Waals surface area contributed by atoms with Crippen molar-refractivity contribution in [1.82, 2.24) is 29.3 Å². The first-order chi connectivity index (χ1) is 27.3. The second kappa shape index (κ2) is 12.7. The molecule has 4 aromatic heterocycles. The van der Waals surface area contributed by atoms with E-state index in [0.29, 0.717) is 5.95 Å². The highest BCUT2D eigenvalue weighted by molar-refractivity contribution is 7.18. The van der Waals surface area contributed by atoms with E-state index >= 15 is 0 Å². The van der Waals surface area contributed by atoms with Crippen molar-refractivity contribution in [3.8, 4) is 55.3 Å². The molecule has 0 aliphatic rings. The van der Waals surface area contributed by atoms with Crippen molar-refractivity contribution in [1.29, 1.82) is 0 Å². The van der Waals surface area contributed by atoms with E-state index in [4.69, 9.17) is 20.2 Å². The van der Waals surface area contributed by atoms with Gasteiger partial charge in [-0.3, -0.25) is 4.57 Å². The molecule has 0 unspecified atom stereocenters. The van der Waals surface area contributed by atoms with Gasteiger partial charge in [-0.05, 0) is 42.5 Å². The maximum atomic E-state index is 5.22. The van der Waals surface area contributed by atoms with Crippen molar-refractivity contribution in [2.45, 2.75) is 0 Å². The second-order valence-corrected chi connectivity index (χ2v) is 14.5. The SMILES string of the molecule is c1ccc(-c2cc(-c3ccccc3)nc(-n3c4ccccc4c4c(-c5nnc(-c6cccc7c6c6ccccc6n7-c6ccccc6)s5)cccc43)n2)cc1. The van der Waals surface area contributed by atoms with Crippen LogP contribution in [0.4, 0.5) is 0 Å². The van der Waals surface area contributed by atoms with Crippen LogP contribution in [0.5, 0.6) is 0 Å². The van der Waals surface area contributed by atoms with Crippen LogP contribution in [0.15, 0.2) is 182 Å².